The molecule has 17 heavy (non-hydrogen) atoms. The maximum Gasteiger partial charge on any atom is 0.223 e. The van der Waals surface area contributed by atoms with Gasteiger partial charge in [0, 0.05) is 25.1 Å². The van der Waals surface area contributed by atoms with E-state index in [-0.39, 0.29) is 18.4 Å². The predicted octanol–water partition coefficient (Wildman–Crippen LogP) is -0.243. The molecule has 0 spiro atoms. The maximum atomic E-state index is 11.7. The van der Waals surface area contributed by atoms with E-state index >= 15 is 0 Å². The molecule has 7 heteroatoms. The lowest BCUT2D eigenvalue weighted by Gasteiger charge is -2.23. The van der Waals surface area contributed by atoms with Crippen molar-refractivity contribution in [1.82, 2.24) is 4.90 Å². The zero-order chi connectivity index (χ0) is 12.9. The third-order valence-corrected chi connectivity index (χ3v) is 4.43. The number of carboxylic acid groups (broad SMARTS) is 1. The van der Waals surface area contributed by atoms with Gasteiger partial charge in [0.25, 0.3) is 0 Å². The van der Waals surface area contributed by atoms with Crippen molar-refractivity contribution in [2.75, 3.05) is 19.0 Å². The fourth-order valence-corrected chi connectivity index (χ4v) is 3.30. The van der Waals surface area contributed by atoms with E-state index in [0.29, 0.717) is 13.0 Å². The quantitative estimate of drug-likeness (QED) is 0.689. The number of carbonyl (C=O) groups is 2. The van der Waals surface area contributed by atoms with E-state index in [0.717, 1.165) is 19.3 Å². The van der Waals surface area contributed by atoms with E-state index in [9.17, 15) is 24.2 Å². The standard InChI is InChI=1S/C10H18NO5P/c12-9-4-2-1-3-6-11(9)8-17(15,16)7-5-10(13)14/h1-8H2,(H,13,14)(H,15,16)/p-1. The van der Waals surface area contributed by atoms with Crippen molar-refractivity contribution in [2.24, 2.45) is 0 Å². The molecule has 1 aliphatic heterocycles. The molecule has 1 amide bonds. The van der Waals surface area contributed by atoms with Crippen LogP contribution < -0.4 is 5.11 Å². The van der Waals surface area contributed by atoms with Gasteiger partial charge in [-0.3, -0.25) is 9.36 Å². The van der Waals surface area contributed by atoms with Crippen molar-refractivity contribution in [2.45, 2.75) is 32.1 Å². The molecule has 1 atom stereocenters. The number of likely N-dealkylation sites (tertiary alicyclic amines) is 1. The summed E-state index contributed by atoms with van der Waals surface area (Å²) in [4.78, 5) is 32.8. The van der Waals surface area contributed by atoms with Gasteiger partial charge >= 0.3 is 0 Å². The van der Waals surface area contributed by atoms with Gasteiger partial charge in [0.1, 0.15) is 0 Å². The Balaban J connectivity index is 2.52. The van der Waals surface area contributed by atoms with Crippen LogP contribution in [0.1, 0.15) is 32.1 Å². The second-order valence-electron chi connectivity index (χ2n) is 4.30. The molecule has 0 aliphatic carbocycles. The van der Waals surface area contributed by atoms with Gasteiger partial charge in [-0.15, -0.1) is 0 Å². The SMILES string of the molecule is O=C([O-])CCP(=O)(O)CN1CCCCCC1=O. The van der Waals surface area contributed by atoms with Gasteiger partial charge < -0.3 is 19.7 Å². The number of carbonyl (C=O) groups excluding carboxylic acids is 2. The van der Waals surface area contributed by atoms with E-state index in [1.807, 2.05) is 0 Å². The van der Waals surface area contributed by atoms with Gasteiger partial charge in [-0.2, -0.15) is 0 Å². The molecule has 1 rings (SSSR count). The molecule has 1 N–H and O–H groups in total. The third-order valence-electron chi connectivity index (χ3n) is 2.73. The second kappa shape index (κ2) is 6.17. The monoisotopic (exact) mass is 262 g/mol. The van der Waals surface area contributed by atoms with Gasteiger partial charge in [0.05, 0.1) is 6.29 Å². The highest BCUT2D eigenvalue weighted by molar-refractivity contribution is 7.57. The van der Waals surface area contributed by atoms with E-state index < -0.39 is 19.8 Å². The normalized spacial score (nSPS) is 20.8. The molecule has 0 radical (unpaired) electrons. The summed E-state index contributed by atoms with van der Waals surface area (Å²) < 4.78 is 11.7. The molecule has 0 aromatic carbocycles. The molecule has 0 aromatic rings. The van der Waals surface area contributed by atoms with Crippen LogP contribution in [0.3, 0.4) is 0 Å². The predicted molar refractivity (Wildman–Crippen MR) is 59.4 cm³/mol. The molecule has 1 aliphatic rings. The summed E-state index contributed by atoms with van der Waals surface area (Å²) in [6.07, 6.45) is 1.96. The van der Waals surface area contributed by atoms with Gasteiger partial charge in [-0.1, -0.05) is 6.42 Å². The Kier molecular flexibility index (Phi) is 5.15. The Hall–Kier alpha value is -0.870. The fourth-order valence-electron chi connectivity index (χ4n) is 1.79. The molecule has 0 saturated carbocycles. The topological polar surface area (TPSA) is 97.7 Å². The van der Waals surface area contributed by atoms with Crippen molar-refractivity contribution < 1.29 is 24.2 Å². The van der Waals surface area contributed by atoms with Crippen molar-refractivity contribution in [1.29, 1.82) is 0 Å². The molecule has 1 unspecified atom stereocenters. The van der Waals surface area contributed by atoms with Crippen LogP contribution in [0.2, 0.25) is 0 Å². The van der Waals surface area contributed by atoms with Gasteiger partial charge in [-0.05, 0) is 19.3 Å². The molecular formula is C10H17NO5P-. The first-order chi connectivity index (χ1) is 7.91. The number of hydrogen-bond donors (Lipinski definition) is 1. The molecule has 1 heterocycles. The second-order valence-corrected chi connectivity index (χ2v) is 6.72. The average Bonchev–Trinajstić information content (AvgIpc) is 2.42. The zero-order valence-corrected chi connectivity index (χ0v) is 10.5. The number of aliphatic carboxylic acids is 1. The smallest absolute Gasteiger partial charge is 0.223 e. The summed E-state index contributed by atoms with van der Waals surface area (Å²) in [7, 11) is -3.59. The first kappa shape index (κ1) is 14.2. The largest absolute Gasteiger partial charge is 0.550 e. The summed E-state index contributed by atoms with van der Waals surface area (Å²) in [5.74, 6) is -1.47. The van der Waals surface area contributed by atoms with Crippen LogP contribution in [-0.2, 0) is 14.2 Å². The third kappa shape index (κ3) is 5.33. The Morgan fingerprint density at radius 2 is 2.12 bits per heavy atom. The Morgan fingerprint density at radius 1 is 1.41 bits per heavy atom. The number of carboxylic acids is 1. The summed E-state index contributed by atoms with van der Waals surface area (Å²) in [5, 5.41) is 10.2. The van der Waals surface area contributed by atoms with Crippen molar-refractivity contribution >= 4 is 19.2 Å². The summed E-state index contributed by atoms with van der Waals surface area (Å²) in [6.45, 7) is 0.481. The van der Waals surface area contributed by atoms with Crippen molar-refractivity contribution in [3.05, 3.63) is 0 Å². The highest BCUT2D eigenvalue weighted by Crippen LogP contribution is 2.42. The van der Waals surface area contributed by atoms with Crippen LogP contribution in [0.25, 0.3) is 0 Å². The van der Waals surface area contributed by atoms with Gasteiger partial charge in [0.2, 0.25) is 13.3 Å². The molecular weight excluding hydrogens is 245 g/mol. The molecule has 0 aromatic heterocycles. The highest BCUT2D eigenvalue weighted by Gasteiger charge is 2.26. The Morgan fingerprint density at radius 3 is 2.76 bits per heavy atom. The van der Waals surface area contributed by atoms with E-state index in [1.165, 1.54) is 4.90 Å². The number of nitrogens with zero attached hydrogens (tertiary/aromatic N) is 1. The van der Waals surface area contributed by atoms with Crippen LogP contribution in [0.15, 0.2) is 0 Å². The number of amides is 1. The van der Waals surface area contributed by atoms with Crippen LogP contribution in [-0.4, -0.2) is 40.7 Å². The molecule has 0 bridgehead atoms. The molecule has 1 saturated heterocycles. The van der Waals surface area contributed by atoms with Crippen LogP contribution in [0.4, 0.5) is 0 Å². The first-order valence-electron chi connectivity index (χ1n) is 5.69. The lowest BCUT2D eigenvalue weighted by Crippen LogP contribution is -2.32. The van der Waals surface area contributed by atoms with E-state index in [2.05, 4.69) is 0 Å². The summed E-state index contributed by atoms with van der Waals surface area (Å²) in [5.41, 5.74) is 0. The number of hydrogen-bond acceptors (Lipinski definition) is 4. The Labute approximate surface area is 100 Å². The van der Waals surface area contributed by atoms with Gasteiger partial charge in [-0.25, -0.2) is 0 Å². The minimum absolute atomic E-state index is 0.120. The van der Waals surface area contributed by atoms with E-state index in [4.69, 9.17) is 0 Å². The van der Waals surface area contributed by atoms with Crippen molar-refractivity contribution in [3.63, 3.8) is 0 Å². The fraction of sp³-hybridized carbons (Fsp3) is 0.800. The number of rotatable bonds is 5. The van der Waals surface area contributed by atoms with Crippen LogP contribution in [0.5, 0.6) is 0 Å². The first-order valence-corrected chi connectivity index (χ1v) is 7.72. The van der Waals surface area contributed by atoms with Crippen molar-refractivity contribution in [3.8, 4) is 0 Å². The van der Waals surface area contributed by atoms with Crippen LogP contribution >= 0.6 is 7.37 Å². The molecule has 6 nitrogen and oxygen atoms in total. The minimum Gasteiger partial charge on any atom is -0.550 e. The maximum absolute atomic E-state index is 11.7. The Bertz CT molecular complexity index is 344. The summed E-state index contributed by atoms with van der Waals surface area (Å²) in [6, 6.07) is 0. The van der Waals surface area contributed by atoms with E-state index in [1.54, 1.807) is 0 Å². The minimum atomic E-state index is -3.59. The lowest BCUT2D eigenvalue weighted by molar-refractivity contribution is -0.305. The molecule has 1 fully saturated rings. The van der Waals surface area contributed by atoms with Gasteiger partial charge in [0.15, 0.2) is 0 Å². The highest BCUT2D eigenvalue weighted by atomic mass is 31.2. The lowest BCUT2D eigenvalue weighted by atomic mass is 10.2. The molecule has 98 valence electrons. The summed E-state index contributed by atoms with van der Waals surface area (Å²) >= 11 is 0. The average molecular weight is 262 g/mol. The zero-order valence-electron chi connectivity index (χ0n) is 9.63. The van der Waals surface area contributed by atoms with Crippen LogP contribution in [0, 0.1) is 0 Å².